The van der Waals surface area contributed by atoms with Gasteiger partial charge in [0.2, 0.25) is 0 Å². The first-order valence-electron chi connectivity index (χ1n) is 8.35. The van der Waals surface area contributed by atoms with Crippen molar-refractivity contribution in [2.75, 3.05) is 7.11 Å². The zero-order valence-corrected chi connectivity index (χ0v) is 14.5. The fourth-order valence-electron chi connectivity index (χ4n) is 2.71. The van der Waals surface area contributed by atoms with Gasteiger partial charge in [-0.1, -0.05) is 60.7 Å². The summed E-state index contributed by atoms with van der Waals surface area (Å²) >= 11 is 0. The molecule has 4 heteroatoms. The van der Waals surface area contributed by atoms with Crippen LogP contribution in [0.2, 0.25) is 0 Å². The van der Waals surface area contributed by atoms with Gasteiger partial charge in [0.1, 0.15) is 5.75 Å². The van der Waals surface area contributed by atoms with Gasteiger partial charge >= 0.3 is 0 Å². The van der Waals surface area contributed by atoms with Crippen LogP contribution in [0.4, 0.5) is 0 Å². The Labute approximate surface area is 153 Å². The van der Waals surface area contributed by atoms with Crippen molar-refractivity contribution in [2.24, 2.45) is 5.10 Å². The lowest BCUT2D eigenvalue weighted by molar-refractivity contribution is -0.121. The number of ether oxygens (including phenoxy) is 1. The fourth-order valence-corrected chi connectivity index (χ4v) is 2.71. The molecule has 26 heavy (non-hydrogen) atoms. The van der Waals surface area contributed by atoms with Crippen LogP contribution in [0, 0.1) is 0 Å². The molecule has 0 saturated heterocycles. The van der Waals surface area contributed by atoms with Crippen LogP contribution in [0.3, 0.4) is 0 Å². The molecule has 0 unspecified atom stereocenters. The van der Waals surface area contributed by atoms with E-state index in [1.807, 2.05) is 84.9 Å². The highest BCUT2D eigenvalue weighted by Gasteiger charge is 2.22. The number of amides is 1. The second-order valence-electron chi connectivity index (χ2n) is 5.76. The minimum Gasteiger partial charge on any atom is -0.497 e. The van der Waals surface area contributed by atoms with Crippen LogP contribution in [0.1, 0.15) is 22.6 Å². The van der Waals surface area contributed by atoms with Crippen molar-refractivity contribution in [3.63, 3.8) is 0 Å². The third-order valence-corrected chi connectivity index (χ3v) is 4.03. The first-order valence-corrected chi connectivity index (χ1v) is 8.35. The van der Waals surface area contributed by atoms with E-state index in [1.54, 1.807) is 13.3 Å². The second kappa shape index (κ2) is 8.62. The van der Waals surface area contributed by atoms with Crippen LogP contribution in [-0.4, -0.2) is 19.2 Å². The SMILES string of the molecule is COc1ccc(/C=N\NC(=O)C(c2ccccc2)c2ccccc2)cc1. The van der Waals surface area contributed by atoms with Crippen molar-refractivity contribution in [1.29, 1.82) is 0 Å². The van der Waals surface area contributed by atoms with Gasteiger partial charge in [-0.15, -0.1) is 0 Å². The lowest BCUT2D eigenvalue weighted by Crippen LogP contribution is -2.26. The fraction of sp³-hybridized carbons (Fsp3) is 0.0909. The van der Waals surface area contributed by atoms with Crippen molar-refractivity contribution in [2.45, 2.75) is 5.92 Å². The Kier molecular flexibility index (Phi) is 5.78. The number of hydrazone groups is 1. The van der Waals surface area contributed by atoms with Gasteiger partial charge in [-0.2, -0.15) is 5.10 Å². The number of benzene rings is 3. The summed E-state index contributed by atoms with van der Waals surface area (Å²) in [7, 11) is 1.62. The number of hydrogen-bond acceptors (Lipinski definition) is 3. The van der Waals surface area contributed by atoms with E-state index >= 15 is 0 Å². The Hall–Kier alpha value is -3.40. The number of nitrogens with one attached hydrogen (secondary N) is 1. The monoisotopic (exact) mass is 344 g/mol. The molecule has 0 aromatic heterocycles. The van der Waals surface area contributed by atoms with E-state index in [2.05, 4.69) is 10.5 Å². The summed E-state index contributed by atoms with van der Waals surface area (Å²) in [5.74, 6) is 0.192. The van der Waals surface area contributed by atoms with Gasteiger partial charge in [0.25, 0.3) is 5.91 Å². The molecule has 130 valence electrons. The lowest BCUT2D eigenvalue weighted by Gasteiger charge is -2.16. The first kappa shape index (κ1) is 17.4. The predicted molar refractivity (Wildman–Crippen MR) is 103 cm³/mol. The van der Waals surface area contributed by atoms with Crippen LogP contribution in [0.25, 0.3) is 0 Å². The molecule has 0 spiro atoms. The van der Waals surface area contributed by atoms with Crippen molar-refractivity contribution >= 4 is 12.1 Å². The Bertz CT molecular complexity index is 820. The molecule has 3 aromatic carbocycles. The molecule has 0 aliphatic carbocycles. The Morgan fingerprint density at radius 2 is 1.42 bits per heavy atom. The van der Waals surface area contributed by atoms with E-state index in [1.165, 1.54) is 0 Å². The molecule has 0 radical (unpaired) electrons. The minimum atomic E-state index is -0.412. The minimum absolute atomic E-state index is 0.174. The summed E-state index contributed by atoms with van der Waals surface area (Å²) in [5, 5.41) is 4.10. The van der Waals surface area contributed by atoms with Crippen LogP contribution >= 0.6 is 0 Å². The van der Waals surface area contributed by atoms with E-state index < -0.39 is 5.92 Å². The van der Waals surface area contributed by atoms with Gasteiger partial charge in [0.05, 0.1) is 19.2 Å². The van der Waals surface area contributed by atoms with E-state index in [9.17, 15) is 4.79 Å². The summed E-state index contributed by atoms with van der Waals surface area (Å²) in [6, 6.07) is 26.8. The quantitative estimate of drug-likeness (QED) is 0.543. The zero-order valence-electron chi connectivity index (χ0n) is 14.5. The molecule has 0 fully saturated rings. The molecular weight excluding hydrogens is 324 g/mol. The molecule has 0 aliphatic rings. The van der Waals surface area contributed by atoms with Crippen LogP contribution in [0.5, 0.6) is 5.75 Å². The Morgan fingerprint density at radius 1 is 0.885 bits per heavy atom. The molecule has 3 aromatic rings. The second-order valence-corrected chi connectivity index (χ2v) is 5.76. The Balaban J connectivity index is 1.76. The Morgan fingerprint density at radius 3 is 1.92 bits per heavy atom. The van der Waals surface area contributed by atoms with Crippen LogP contribution in [0.15, 0.2) is 90.0 Å². The number of carbonyl (C=O) groups is 1. The largest absolute Gasteiger partial charge is 0.497 e. The number of rotatable bonds is 6. The maximum absolute atomic E-state index is 12.8. The molecule has 0 aliphatic heterocycles. The normalized spacial score (nSPS) is 10.8. The van der Waals surface area contributed by atoms with Crippen molar-refractivity contribution in [1.82, 2.24) is 5.43 Å². The molecule has 1 N–H and O–H groups in total. The average Bonchev–Trinajstić information content (AvgIpc) is 2.70. The van der Waals surface area contributed by atoms with E-state index in [-0.39, 0.29) is 5.91 Å². The topological polar surface area (TPSA) is 50.7 Å². The predicted octanol–water partition coefficient (Wildman–Crippen LogP) is 3.98. The summed E-state index contributed by atoms with van der Waals surface area (Å²) < 4.78 is 5.13. The number of nitrogens with zero attached hydrogens (tertiary/aromatic N) is 1. The third kappa shape index (κ3) is 4.36. The summed E-state index contributed by atoms with van der Waals surface area (Å²) in [5.41, 5.74) is 5.39. The lowest BCUT2D eigenvalue weighted by atomic mass is 9.91. The maximum atomic E-state index is 12.8. The number of carbonyl (C=O) groups excluding carboxylic acids is 1. The standard InChI is InChI=1S/C22H20N2O2/c1-26-20-14-12-17(13-15-20)16-23-24-22(25)21(18-8-4-2-5-9-18)19-10-6-3-7-11-19/h2-16,21H,1H3,(H,24,25)/b23-16-. The van der Waals surface area contributed by atoms with Crippen molar-refractivity contribution in [3.05, 3.63) is 102 Å². The summed E-state index contributed by atoms with van der Waals surface area (Å²) in [6.45, 7) is 0. The molecule has 0 bridgehead atoms. The molecular formula is C22H20N2O2. The van der Waals surface area contributed by atoms with Crippen molar-refractivity contribution < 1.29 is 9.53 Å². The van der Waals surface area contributed by atoms with Crippen LogP contribution < -0.4 is 10.2 Å². The number of hydrogen-bond donors (Lipinski definition) is 1. The molecule has 0 atom stereocenters. The van der Waals surface area contributed by atoms with Gasteiger partial charge in [0, 0.05) is 0 Å². The number of methoxy groups -OCH3 is 1. The highest BCUT2D eigenvalue weighted by molar-refractivity contribution is 5.88. The molecule has 0 saturated carbocycles. The molecule has 3 rings (SSSR count). The summed E-state index contributed by atoms with van der Waals surface area (Å²) in [6.07, 6.45) is 1.62. The van der Waals surface area contributed by atoms with E-state index in [0.717, 1.165) is 22.4 Å². The molecule has 1 amide bonds. The van der Waals surface area contributed by atoms with Gasteiger partial charge in [-0.05, 0) is 41.0 Å². The van der Waals surface area contributed by atoms with Gasteiger partial charge in [-0.25, -0.2) is 5.43 Å². The molecule has 0 heterocycles. The maximum Gasteiger partial charge on any atom is 0.252 e. The smallest absolute Gasteiger partial charge is 0.252 e. The van der Waals surface area contributed by atoms with E-state index in [4.69, 9.17) is 4.74 Å². The van der Waals surface area contributed by atoms with Crippen LogP contribution in [-0.2, 0) is 4.79 Å². The average molecular weight is 344 g/mol. The first-order chi connectivity index (χ1) is 12.8. The third-order valence-electron chi connectivity index (χ3n) is 4.03. The summed E-state index contributed by atoms with van der Waals surface area (Å²) in [4.78, 5) is 12.8. The van der Waals surface area contributed by atoms with Crippen molar-refractivity contribution in [3.8, 4) is 5.75 Å². The van der Waals surface area contributed by atoms with Gasteiger partial charge in [0.15, 0.2) is 0 Å². The highest BCUT2D eigenvalue weighted by atomic mass is 16.5. The highest BCUT2D eigenvalue weighted by Crippen LogP contribution is 2.24. The molecule has 4 nitrogen and oxygen atoms in total. The van der Waals surface area contributed by atoms with Gasteiger partial charge < -0.3 is 4.74 Å². The van der Waals surface area contributed by atoms with E-state index in [0.29, 0.717) is 0 Å². The zero-order chi connectivity index (χ0) is 18.2. The van der Waals surface area contributed by atoms with Gasteiger partial charge in [-0.3, -0.25) is 4.79 Å².